The van der Waals surface area contributed by atoms with E-state index in [1.54, 1.807) is 0 Å². The van der Waals surface area contributed by atoms with Crippen molar-refractivity contribution in [2.75, 3.05) is 0 Å². The fourth-order valence-corrected chi connectivity index (χ4v) is 3.45. The number of halogens is 1. The van der Waals surface area contributed by atoms with Crippen LogP contribution in [-0.4, -0.2) is 5.84 Å². The first-order valence-corrected chi connectivity index (χ1v) is 9.17. The van der Waals surface area contributed by atoms with E-state index >= 15 is 0 Å². The van der Waals surface area contributed by atoms with Crippen molar-refractivity contribution in [2.45, 2.75) is 12.1 Å². The topological polar surface area (TPSA) is 24.4 Å². The predicted molar refractivity (Wildman–Crippen MR) is 109 cm³/mol. The van der Waals surface area contributed by atoms with Gasteiger partial charge in [-0.1, -0.05) is 66.2 Å². The molecule has 2 nitrogen and oxygen atoms in total. The Labute approximate surface area is 155 Å². The van der Waals surface area contributed by atoms with Crippen molar-refractivity contribution < 1.29 is 0 Å². The van der Waals surface area contributed by atoms with Gasteiger partial charge in [-0.15, -0.1) is 9.24 Å². The SMILES string of the molecule is Pc1ccc([C@H]2NC(c3ccc(Cl)cc3)=N[C@H]2c2ccccc2)cc1. The second kappa shape index (κ2) is 7.00. The van der Waals surface area contributed by atoms with E-state index in [1.807, 2.05) is 30.3 Å². The van der Waals surface area contributed by atoms with Crippen molar-refractivity contribution >= 4 is 32.0 Å². The molecule has 0 aliphatic carbocycles. The van der Waals surface area contributed by atoms with Gasteiger partial charge in [-0.3, -0.25) is 4.99 Å². The number of hydrogen-bond donors (Lipinski definition) is 1. The number of benzene rings is 3. The second-order valence-electron chi connectivity index (χ2n) is 6.13. The molecule has 0 spiro atoms. The first-order chi connectivity index (χ1) is 12.2. The molecule has 3 aromatic carbocycles. The van der Waals surface area contributed by atoms with Crippen LogP contribution in [0.15, 0.2) is 83.9 Å². The molecule has 0 bridgehead atoms. The molecule has 0 fully saturated rings. The fourth-order valence-electron chi connectivity index (χ4n) is 3.13. The third-order valence-electron chi connectivity index (χ3n) is 4.43. The summed E-state index contributed by atoms with van der Waals surface area (Å²) >= 11 is 6.02. The van der Waals surface area contributed by atoms with Gasteiger partial charge in [-0.2, -0.15) is 0 Å². The molecule has 3 atom stereocenters. The van der Waals surface area contributed by atoms with Crippen LogP contribution in [0.1, 0.15) is 28.8 Å². The number of amidine groups is 1. The third-order valence-corrected chi connectivity index (χ3v) is 5.07. The fraction of sp³-hybridized carbons (Fsp3) is 0.0952. The lowest BCUT2D eigenvalue weighted by Gasteiger charge is -2.20. The van der Waals surface area contributed by atoms with Gasteiger partial charge in [-0.25, -0.2) is 0 Å². The molecule has 3 aromatic rings. The minimum atomic E-state index is 0.0437. The first-order valence-electron chi connectivity index (χ1n) is 8.21. The lowest BCUT2D eigenvalue weighted by molar-refractivity contribution is 0.572. The Morgan fingerprint density at radius 1 is 0.800 bits per heavy atom. The van der Waals surface area contributed by atoms with Crippen LogP contribution >= 0.6 is 20.8 Å². The number of hydrogen-bond acceptors (Lipinski definition) is 2. The summed E-state index contributed by atoms with van der Waals surface area (Å²) in [4.78, 5) is 5.00. The molecule has 0 amide bonds. The highest BCUT2D eigenvalue weighted by molar-refractivity contribution is 7.27. The molecule has 0 saturated carbocycles. The van der Waals surface area contributed by atoms with E-state index in [1.165, 1.54) is 16.4 Å². The molecule has 25 heavy (non-hydrogen) atoms. The highest BCUT2D eigenvalue weighted by Crippen LogP contribution is 2.36. The second-order valence-corrected chi connectivity index (χ2v) is 7.23. The number of nitrogens with zero attached hydrogens (tertiary/aromatic N) is 1. The van der Waals surface area contributed by atoms with E-state index in [4.69, 9.17) is 16.6 Å². The maximum Gasteiger partial charge on any atom is 0.129 e. The Hall–Kier alpha value is -2.15. The highest BCUT2D eigenvalue weighted by atomic mass is 35.5. The zero-order chi connectivity index (χ0) is 17.2. The molecule has 4 heteroatoms. The van der Waals surface area contributed by atoms with Gasteiger partial charge in [0, 0.05) is 10.6 Å². The standard InChI is InChI=1S/C21H18ClN2P/c22-17-10-6-16(7-11-17)21-23-19(14-4-2-1-3-5-14)20(24-21)15-8-12-18(25)13-9-15/h1-13,19-20H,25H2,(H,23,24)/t19-,20+/m0/s1. The van der Waals surface area contributed by atoms with Crippen molar-refractivity contribution in [2.24, 2.45) is 4.99 Å². The molecular formula is C21H18ClN2P. The smallest absolute Gasteiger partial charge is 0.129 e. The lowest BCUT2D eigenvalue weighted by atomic mass is 9.95. The molecule has 0 radical (unpaired) electrons. The summed E-state index contributed by atoms with van der Waals surface area (Å²) in [5.74, 6) is 0.908. The van der Waals surface area contributed by atoms with Crippen molar-refractivity contribution in [3.8, 4) is 0 Å². The van der Waals surface area contributed by atoms with Crippen LogP contribution in [-0.2, 0) is 0 Å². The van der Waals surface area contributed by atoms with E-state index < -0.39 is 0 Å². The molecule has 124 valence electrons. The molecule has 0 aromatic heterocycles. The Morgan fingerprint density at radius 3 is 2.16 bits per heavy atom. The quantitative estimate of drug-likeness (QED) is 0.671. The molecule has 1 aliphatic rings. The van der Waals surface area contributed by atoms with E-state index in [9.17, 15) is 0 Å². The Kier molecular flexibility index (Phi) is 4.57. The number of aliphatic imine (C=N–C) groups is 1. The summed E-state index contributed by atoms with van der Waals surface area (Å²) in [5, 5.41) is 5.52. The van der Waals surface area contributed by atoms with Gasteiger partial charge in [0.15, 0.2) is 0 Å². The zero-order valence-corrected chi connectivity index (χ0v) is 15.5. The van der Waals surface area contributed by atoms with Gasteiger partial charge >= 0.3 is 0 Å². The van der Waals surface area contributed by atoms with Gasteiger partial charge in [0.1, 0.15) is 11.9 Å². The predicted octanol–water partition coefficient (Wildman–Crippen LogP) is 4.67. The Bertz CT molecular complexity index is 889. The van der Waals surface area contributed by atoms with Crippen molar-refractivity contribution in [1.82, 2.24) is 5.32 Å². The zero-order valence-electron chi connectivity index (χ0n) is 13.6. The van der Waals surface area contributed by atoms with E-state index in [-0.39, 0.29) is 12.1 Å². The average Bonchev–Trinajstić information content (AvgIpc) is 3.09. The molecule has 1 heterocycles. The molecule has 1 aliphatic heterocycles. The first kappa shape index (κ1) is 16.3. The molecule has 4 rings (SSSR count). The van der Waals surface area contributed by atoms with Gasteiger partial charge in [-0.05, 0) is 40.7 Å². The number of rotatable bonds is 3. The number of nitrogens with one attached hydrogen (secondary N) is 1. The summed E-state index contributed by atoms with van der Waals surface area (Å²) in [7, 11) is 2.73. The molecule has 1 unspecified atom stereocenters. The highest BCUT2D eigenvalue weighted by Gasteiger charge is 2.31. The minimum Gasteiger partial charge on any atom is -0.361 e. The van der Waals surface area contributed by atoms with Crippen molar-refractivity contribution in [3.63, 3.8) is 0 Å². The van der Waals surface area contributed by atoms with Crippen LogP contribution in [0, 0.1) is 0 Å². The average molecular weight is 365 g/mol. The van der Waals surface area contributed by atoms with Gasteiger partial charge in [0.2, 0.25) is 0 Å². The normalized spacial score (nSPS) is 19.4. The van der Waals surface area contributed by atoms with Gasteiger partial charge < -0.3 is 5.32 Å². The summed E-state index contributed by atoms with van der Waals surface area (Å²) in [6.45, 7) is 0. The monoisotopic (exact) mass is 364 g/mol. The van der Waals surface area contributed by atoms with E-state index in [0.717, 1.165) is 16.4 Å². The van der Waals surface area contributed by atoms with Crippen LogP contribution in [0.5, 0.6) is 0 Å². The Balaban J connectivity index is 1.73. The van der Waals surface area contributed by atoms with Crippen LogP contribution < -0.4 is 10.6 Å². The van der Waals surface area contributed by atoms with Crippen LogP contribution in [0.3, 0.4) is 0 Å². The lowest BCUT2D eigenvalue weighted by Crippen LogP contribution is -2.25. The maximum atomic E-state index is 6.02. The summed E-state index contributed by atoms with van der Waals surface area (Å²) < 4.78 is 0. The summed E-state index contributed by atoms with van der Waals surface area (Å²) in [6.07, 6.45) is 0. The maximum absolute atomic E-state index is 6.02. The van der Waals surface area contributed by atoms with Crippen LogP contribution in [0.25, 0.3) is 0 Å². The van der Waals surface area contributed by atoms with E-state index in [0.29, 0.717) is 0 Å². The van der Waals surface area contributed by atoms with E-state index in [2.05, 4.69) is 63.1 Å². The Morgan fingerprint density at radius 2 is 1.48 bits per heavy atom. The summed E-state index contributed by atoms with van der Waals surface area (Å²) in [5.41, 5.74) is 3.49. The molecule has 1 N–H and O–H groups in total. The molecular weight excluding hydrogens is 347 g/mol. The molecule has 0 saturated heterocycles. The van der Waals surface area contributed by atoms with Crippen LogP contribution in [0.2, 0.25) is 5.02 Å². The third kappa shape index (κ3) is 3.46. The van der Waals surface area contributed by atoms with Crippen LogP contribution in [0.4, 0.5) is 0 Å². The minimum absolute atomic E-state index is 0.0437. The van der Waals surface area contributed by atoms with Crippen molar-refractivity contribution in [3.05, 3.63) is 101 Å². The van der Waals surface area contributed by atoms with Gasteiger partial charge in [0.05, 0.1) is 6.04 Å². The van der Waals surface area contributed by atoms with Crippen molar-refractivity contribution in [1.29, 1.82) is 0 Å². The largest absolute Gasteiger partial charge is 0.361 e. The summed E-state index contributed by atoms with van der Waals surface area (Å²) in [6, 6.07) is 26.9. The van der Waals surface area contributed by atoms with Gasteiger partial charge in [0.25, 0.3) is 0 Å².